The van der Waals surface area contributed by atoms with Gasteiger partial charge >= 0.3 is 0 Å². The molecule has 1 unspecified atom stereocenters. The third kappa shape index (κ3) is 5.30. The summed E-state index contributed by atoms with van der Waals surface area (Å²) < 4.78 is 6.91. The Balaban J connectivity index is 2.22. The molecule has 0 aliphatic carbocycles. The van der Waals surface area contributed by atoms with Gasteiger partial charge in [0, 0.05) is 13.6 Å². The van der Waals surface area contributed by atoms with Crippen molar-refractivity contribution >= 4 is 28.0 Å². The van der Waals surface area contributed by atoms with Crippen molar-refractivity contribution in [2.24, 2.45) is 4.99 Å². The lowest BCUT2D eigenvalue weighted by atomic mass is 10.0. The fourth-order valence-electron chi connectivity index (χ4n) is 2.49. The van der Waals surface area contributed by atoms with E-state index in [0.29, 0.717) is 5.88 Å². The maximum Gasteiger partial charge on any atom is 0.228 e. The lowest BCUT2D eigenvalue weighted by Gasteiger charge is -2.17. The minimum absolute atomic E-state index is 0.0811. The molecule has 5 heteroatoms. The number of pyridine rings is 1. The first kappa shape index (κ1) is 19.4. The first-order valence-corrected chi connectivity index (χ1v) is 9.25. The van der Waals surface area contributed by atoms with Crippen LogP contribution < -0.4 is 4.74 Å². The molecular formula is C20H26BrN3O. The van der Waals surface area contributed by atoms with Crippen LogP contribution in [0.2, 0.25) is 0 Å². The average Bonchev–Trinajstić information content (AvgIpc) is 2.55. The van der Waals surface area contributed by atoms with Crippen LogP contribution in [0.4, 0.5) is 5.69 Å². The molecule has 0 amide bonds. The molecule has 1 atom stereocenters. The molecule has 0 bridgehead atoms. The van der Waals surface area contributed by atoms with E-state index in [0.717, 1.165) is 28.0 Å². The van der Waals surface area contributed by atoms with Crippen LogP contribution in [0.3, 0.4) is 0 Å². The van der Waals surface area contributed by atoms with E-state index < -0.39 is 0 Å². The summed E-state index contributed by atoms with van der Waals surface area (Å²) in [6, 6.07) is 8.41. The Kier molecular flexibility index (Phi) is 6.59. The standard InChI is InChI=1S/C20H26BrN3O/c1-7-24(6)12-22-19-11-18(21)20(23-15(19)4)25-16(5)17-9-13(2)8-14(3)10-17/h8-12,16H,7H2,1-6H3/b22-12+. The van der Waals surface area contributed by atoms with Crippen molar-refractivity contribution in [1.82, 2.24) is 9.88 Å². The molecule has 2 rings (SSSR count). The molecule has 0 N–H and O–H groups in total. The third-order valence-corrected chi connectivity index (χ3v) is 4.57. The van der Waals surface area contributed by atoms with Crippen molar-refractivity contribution in [3.63, 3.8) is 0 Å². The smallest absolute Gasteiger partial charge is 0.228 e. The van der Waals surface area contributed by atoms with E-state index >= 15 is 0 Å². The Morgan fingerprint density at radius 2 is 1.84 bits per heavy atom. The van der Waals surface area contributed by atoms with Gasteiger partial charge in [0.2, 0.25) is 5.88 Å². The van der Waals surface area contributed by atoms with Crippen molar-refractivity contribution < 1.29 is 4.74 Å². The third-order valence-electron chi connectivity index (χ3n) is 4.00. The van der Waals surface area contributed by atoms with Gasteiger partial charge in [-0.1, -0.05) is 29.3 Å². The van der Waals surface area contributed by atoms with Crippen LogP contribution in [0.5, 0.6) is 5.88 Å². The van der Waals surface area contributed by atoms with Crippen LogP contribution in [0, 0.1) is 20.8 Å². The van der Waals surface area contributed by atoms with Crippen LogP contribution in [-0.4, -0.2) is 29.8 Å². The molecule has 134 valence electrons. The fraction of sp³-hybridized carbons (Fsp3) is 0.400. The molecule has 2 aromatic rings. The number of benzene rings is 1. The lowest BCUT2D eigenvalue weighted by molar-refractivity contribution is 0.215. The Morgan fingerprint density at radius 3 is 2.44 bits per heavy atom. The van der Waals surface area contributed by atoms with Gasteiger partial charge in [0.15, 0.2) is 0 Å². The Bertz CT molecular complexity index is 754. The number of nitrogens with zero attached hydrogens (tertiary/aromatic N) is 3. The maximum atomic E-state index is 6.10. The van der Waals surface area contributed by atoms with Crippen molar-refractivity contribution in [3.8, 4) is 5.88 Å². The Morgan fingerprint density at radius 1 is 1.20 bits per heavy atom. The second-order valence-electron chi connectivity index (χ2n) is 6.38. The first-order valence-electron chi connectivity index (χ1n) is 8.46. The van der Waals surface area contributed by atoms with E-state index in [9.17, 15) is 0 Å². The predicted molar refractivity (Wildman–Crippen MR) is 108 cm³/mol. The van der Waals surface area contributed by atoms with Crippen LogP contribution in [0.15, 0.2) is 33.7 Å². The summed E-state index contributed by atoms with van der Waals surface area (Å²) >= 11 is 3.56. The predicted octanol–water partition coefficient (Wildman–Crippen LogP) is 5.52. The molecule has 0 aliphatic heterocycles. The van der Waals surface area contributed by atoms with E-state index in [1.165, 1.54) is 11.1 Å². The zero-order valence-electron chi connectivity index (χ0n) is 15.8. The highest BCUT2D eigenvalue weighted by molar-refractivity contribution is 9.10. The second kappa shape index (κ2) is 8.48. The molecule has 4 nitrogen and oxygen atoms in total. The van der Waals surface area contributed by atoms with Gasteiger partial charge in [0.1, 0.15) is 6.10 Å². The van der Waals surface area contributed by atoms with Gasteiger partial charge in [0.05, 0.1) is 22.2 Å². The average molecular weight is 404 g/mol. The minimum atomic E-state index is -0.0811. The zero-order chi connectivity index (χ0) is 18.6. The molecular weight excluding hydrogens is 378 g/mol. The largest absolute Gasteiger partial charge is 0.469 e. The molecule has 1 heterocycles. The van der Waals surface area contributed by atoms with Gasteiger partial charge in [0.25, 0.3) is 0 Å². The number of aryl methyl sites for hydroxylation is 3. The van der Waals surface area contributed by atoms with Gasteiger partial charge < -0.3 is 9.64 Å². The lowest BCUT2D eigenvalue weighted by Crippen LogP contribution is -2.14. The summed E-state index contributed by atoms with van der Waals surface area (Å²) in [6.07, 6.45) is 1.73. The minimum Gasteiger partial charge on any atom is -0.469 e. The number of hydrogen-bond acceptors (Lipinski definition) is 3. The first-order chi connectivity index (χ1) is 11.8. The van der Waals surface area contributed by atoms with Crippen molar-refractivity contribution in [2.45, 2.75) is 40.7 Å². The normalized spacial score (nSPS) is 12.4. The van der Waals surface area contributed by atoms with E-state index in [-0.39, 0.29) is 6.10 Å². The second-order valence-corrected chi connectivity index (χ2v) is 7.23. The number of rotatable bonds is 6. The van der Waals surface area contributed by atoms with Crippen LogP contribution in [-0.2, 0) is 0 Å². The summed E-state index contributed by atoms with van der Waals surface area (Å²) in [5.74, 6) is 0.590. The number of aliphatic imine (C=N–C) groups is 1. The summed E-state index contributed by atoms with van der Waals surface area (Å²) in [5.41, 5.74) is 5.29. The number of ether oxygens (including phenoxy) is 1. The van der Waals surface area contributed by atoms with Crippen LogP contribution in [0.25, 0.3) is 0 Å². The van der Waals surface area contributed by atoms with E-state index in [4.69, 9.17) is 4.74 Å². The van der Waals surface area contributed by atoms with Gasteiger partial charge in [-0.05, 0) is 62.2 Å². The Hall–Kier alpha value is -1.88. The highest BCUT2D eigenvalue weighted by Gasteiger charge is 2.14. The number of hydrogen-bond donors (Lipinski definition) is 0. The monoisotopic (exact) mass is 403 g/mol. The summed E-state index contributed by atoms with van der Waals surface area (Å²) in [4.78, 5) is 11.1. The molecule has 0 aliphatic rings. The highest BCUT2D eigenvalue weighted by atomic mass is 79.9. The number of halogens is 1. The van der Waals surface area contributed by atoms with Gasteiger partial charge in [-0.2, -0.15) is 0 Å². The molecule has 1 aromatic heterocycles. The van der Waals surface area contributed by atoms with E-state index in [2.05, 4.69) is 64.9 Å². The number of aromatic nitrogens is 1. The molecule has 0 saturated heterocycles. The van der Waals surface area contributed by atoms with Crippen molar-refractivity contribution in [2.75, 3.05) is 13.6 Å². The van der Waals surface area contributed by atoms with Crippen LogP contribution >= 0.6 is 15.9 Å². The van der Waals surface area contributed by atoms with Gasteiger partial charge in [-0.3, -0.25) is 0 Å². The van der Waals surface area contributed by atoms with Gasteiger partial charge in [-0.15, -0.1) is 0 Å². The topological polar surface area (TPSA) is 37.7 Å². The quantitative estimate of drug-likeness (QED) is 0.470. The van der Waals surface area contributed by atoms with Crippen molar-refractivity contribution in [1.29, 1.82) is 0 Å². The summed E-state index contributed by atoms with van der Waals surface area (Å²) in [5, 5.41) is 0. The molecule has 0 spiro atoms. The van der Waals surface area contributed by atoms with E-state index in [1.807, 2.05) is 38.2 Å². The Labute approximate surface area is 159 Å². The highest BCUT2D eigenvalue weighted by Crippen LogP contribution is 2.32. The molecule has 0 fully saturated rings. The summed E-state index contributed by atoms with van der Waals surface area (Å²) in [6.45, 7) is 11.2. The van der Waals surface area contributed by atoms with Gasteiger partial charge in [-0.25, -0.2) is 9.98 Å². The van der Waals surface area contributed by atoms with E-state index in [1.54, 1.807) is 0 Å². The fourth-order valence-corrected chi connectivity index (χ4v) is 2.88. The maximum absolute atomic E-state index is 6.10. The summed E-state index contributed by atoms with van der Waals surface area (Å²) in [7, 11) is 1.99. The molecule has 25 heavy (non-hydrogen) atoms. The molecule has 0 saturated carbocycles. The van der Waals surface area contributed by atoms with Crippen LogP contribution in [0.1, 0.15) is 42.3 Å². The molecule has 0 radical (unpaired) electrons. The van der Waals surface area contributed by atoms with Crippen molar-refractivity contribution in [3.05, 3.63) is 51.1 Å². The zero-order valence-corrected chi connectivity index (χ0v) is 17.4. The SMILES string of the molecule is CCN(C)/C=N/c1cc(Br)c(OC(C)c2cc(C)cc(C)c2)nc1C. The molecule has 1 aromatic carbocycles.